The van der Waals surface area contributed by atoms with Crippen LogP contribution in [0.4, 0.5) is 4.79 Å². The molecule has 1 aromatic rings. The molecule has 0 radical (unpaired) electrons. The number of amides is 1. The molecule has 0 bridgehead atoms. The van der Waals surface area contributed by atoms with Gasteiger partial charge in [0.25, 0.3) is 0 Å². The average molecular weight is 294 g/mol. The summed E-state index contributed by atoms with van der Waals surface area (Å²) >= 11 is 0. The molecule has 0 heterocycles. The van der Waals surface area contributed by atoms with E-state index in [4.69, 9.17) is 15.6 Å². The fourth-order valence-electron chi connectivity index (χ4n) is 1.73. The quantitative estimate of drug-likeness (QED) is 0.589. The highest BCUT2D eigenvalue weighted by atomic mass is 16.5. The lowest BCUT2D eigenvalue weighted by Crippen LogP contribution is -2.33. The number of nitrogens with one attached hydrogen (secondary N) is 1. The number of hydrogen-bond acceptors (Lipinski definition) is 5. The second-order valence-electron chi connectivity index (χ2n) is 4.72. The van der Waals surface area contributed by atoms with Crippen LogP contribution in [0.1, 0.15) is 24.8 Å². The molecule has 1 atom stereocenters. The molecule has 0 spiro atoms. The van der Waals surface area contributed by atoms with E-state index in [-0.39, 0.29) is 12.4 Å². The first-order valence-corrected chi connectivity index (χ1v) is 6.97. The van der Waals surface area contributed by atoms with Crippen molar-refractivity contribution >= 4 is 11.9 Å². The average Bonchev–Trinajstić information content (AvgIpc) is 2.52. The van der Waals surface area contributed by atoms with Crippen molar-refractivity contribution in [3.8, 4) is 0 Å². The molecule has 0 aromatic heterocycles. The maximum atomic E-state index is 11.4. The number of rotatable bonds is 9. The lowest BCUT2D eigenvalue weighted by molar-refractivity contribution is -0.123. The van der Waals surface area contributed by atoms with E-state index in [1.165, 1.54) is 0 Å². The van der Waals surface area contributed by atoms with Crippen LogP contribution in [0, 0.1) is 0 Å². The number of benzene rings is 1. The molecule has 4 N–H and O–H groups in total. The summed E-state index contributed by atoms with van der Waals surface area (Å²) in [6, 6.07) is 8.80. The van der Waals surface area contributed by atoms with Crippen molar-refractivity contribution in [3.63, 3.8) is 0 Å². The number of aliphatic hydroxyl groups excluding tert-OH is 1. The predicted molar refractivity (Wildman–Crippen MR) is 78.5 cm³/mol. The highest BCUT2D eigenvalue weighted by Gasteiger charge is 2.11. The Hall–Kier alpha value is -1.92. The zero-order chi connectivity index (χ0) is 15.5. The molecule has 0 saturated heterocycles. The molecule has 6 heteroatoms. The van der Waals surface area contributed by atoms with Crippen LogP contribution >= 0.6 is 0 Å². The van der Waals surface area contributed by atoms with Gasteiger partial charge in [0, 0.05) is 6.54 Å². The third-order valence-electron chi connectivity index (χ3n) is 2.99. The number of ether oxygens (including phenoxy) is 1. The van der Waals surface area contributed by atoms with E-state index in [0.29, 0.717) is 25.8 Å². The van der Waals surface area contributed by atoms with Gasteiger partial charge in [-0.2, -0.15) is 0 Å². The number of hydrogen-bond donors (Lipinski definition) is 3. The van der Waals surface area contributed by atoms with E-state index in [2.05, 4.69) is 5.32 Å². The fraction of sp³-hybridized carbons (Fsp3) is 0.467. The SMILES string of the molecule is N[C@@H](CCCCNC(=O)OCc1ccccc1)C(=O)CO. The Morgan fingerprint density at radius 3 is 2.62 bits per heavy atom. The monoisotopic (exact) mass is 294 g/mol. The Kier molecular flexibility index (Phi) is 8.08. The Labute approximate surface area is 124 Å². The summed E-state index contributed by atoms with van der Waals surface area (Å²) in [4.78, 5) is 22.5. The van der Waals surface area contributed by atoms with Gasteiger partial charge in [-0.15, -0.1) is 0 Å². The normalized spacial score (nSPS) is 11.7. The van der Waals surface area contributed by atoms with Crippen molar-refractivity contribution in [2.75, 3.05) is 13.2 Å². The van der Waals surface area contributed by atoms with Crippen LogP contribution in [0.3, 0.4) is 0 Å². The second kappa shape index (κ2) is 9.90. The molecule has 0 saturated carbocycles. The van der Waals surface area contributed by atoms with Gasteiger partial charge in [-0.05, 0) is 24.8 Å². The van der Waals surface area contributed by atoms with Crippen LogP contribution in [-0.2, 0) is 16.1 Å². The number of carbonyl (C=O) groups is 2. The molecule has 6 nitrogen and oxygen atoms in total. The minimum Gasteiger partial charge on any atom is -0.445 e. The Morgan fingerprint density at radius 1 is 1.24 bits per heavy atom. The maximum Gasteiger partial charge on any atom is 0.407 e. The van der Waals surface area contributed by atoms with Crippen LogP contribution in [-0.4, -0.2) is 36.2 Å². The number of ketones is 1. The number of nitrogens with two attached hydrogens (primary N) is 1. The van der Waals surface area contributed by atoms with Gasteiger partial charge in [0.1, 0.15) is 13.2 Å². The standard InChI is InChI=1S/C15H22N2O4/c16-13(14(19)10-18)8-4-5-9-17-15(20)21-11-12-6-2-1-3-7-12/h1-3,6-7,13,18H,4-5,8-11,16H2,(H,17,20)/t13-/m0/s1. The van der Waals surface area contributed by atoms with E-state index in [9.17, 15) is 9.59 Å². The maximum absolute atomic E-state index is 11.4. The van der Waals surface area contributed by atoms with Crippen molar-refractivity contribution in [2.45, 2.75) is 31.9 Å². The topological polar surface area (TPSA) is 102 Å². The lowest BCUT2D eigenvalue weighted by Gasteiger charge is -2.09. The lowest BCUT2D eigenvalue weighted by atomic mass is 10.1. The summed E-state index contributed by atoms with van der Waals surface area (Å²) in [7, 11) is 0. The number of aliphatic hydroxyl groups is 1. The van der Waals surface area contributed by atoms with Gasteiger partial charge in [0.15, 0.2) is 5.78 Å². The minimum atomic E-state index is -0.625. The largest absolute Gasteiger partial charge is 0.445 e. The highest BCUT2D eigenvalue weighted by Crippen LogP contribution is 2.01. The smallest absolute Gasteiger partial charge is 0.407 e. The summed E-state index contributed by atoms with van der Waals surface area (Å²) in [5.74, 6) is -0.356. The van der Waals surface area contributed by atoms with Gasteiger partial charge in [0.2, 0.25) is 0 Å². The summed E-state index contributed by atoms with van der Waals surface area (Å²) in [6.45, 7) is 0.182. The summed E-state index contributed by atoms with van der Waals surface area (Å²) in [5.41, 5.74) is 6.49. The van der Waals surface area contributed by atoms with Crippen molar-refractivity contribution in [3.05, 3.63) is 35.9 Å². The minimum absolute atomic E-state index is 0.239. The van der Waals surface area contributed by atoms with Crippen molar-refractivity contribution in [2.24, 2.45) is 5.73 Å². The molecule has 21 heavy (non-hydrogen) atoms. The molecule has 1 aromatic carbocycles. The Morgan fingerprint density at radius 2 is 1.95 bits per heavy atom. The summed E-state index contributed by atoms with van der Waals surface area (Å²) < 4.78 is 5.05. The molecular weight excluding hydrogens is 272 g/mol. The van der Waals surface area contributed by atoms with Crippen molar-refractivity contribution in [1.82, 2.24) is 5.32 Å². The number of alkyl carbamates (subject to hydrolysis) is 1. The van der Waals surface area contributed by atoms with Crippen LogP contribution < -0.4 is 11.1 Å². The van der Waals surface area contributed by atoms with Gasteiger partial charge >= 0.3 is 6.09 Å². The zero-order valence-corrected chi connectivity index (χ0v) is 12.0. The first-order valence-electron chi connectivity index (χ1n) is 6.97. The van der Waals surface area contributed by atoms with Gasteiger partial charge < -0.3 is 20.9 Å². The second-order valence-corrected chi connectivity index (χ2v) is 4.72. The third kappa shape index (κ3) is 7.43. The van der Waals surface area contributed by atoms with Gasteiger partial charge in [-0.25, -0.2) is 4.79 Å². The van der Waals surface area contributed by atoms with Crippen LogP contribution in [0.2, 0.25) is 0 Å². The molecule has 116 valence electrons. The molecule has 1 rings (SSSR count). The first-order chi connectivity index (χ1) is 10.1. The molecule has 0 aliphatic heterocycles. The van der Waals surface area contributed by atoms with Crippen LogP contribution in [0.15, 0.2) is 30.3 Å². The van der Waals surface area contributed by atoms with Gasteiger partial charge in [0.05, 0.1) is 6.04 Å². The zero-order valence-electron chi connectivity index (χ0n) is 12.0. The van der Waals surface area contributed by atoms with E-state index in [1.54, 1.807) is 0 Å². The molecule has 1 amide bonds. The fourth-order valence-corrected chi connectivity index (χ4v) is 1.73. The highest BCUT2D eigenvalue weighted by molar-refractivity contribution is 5.84. The summed E-state index contributed by atoms with van der Waals surface area (Å²) in [6.07, 6.45) is 1.44. The van der Waals surface area contributed by atoms with Gasteiger partial charge in [-0.3, -0.25) is 4.79 Å². The van der Waals surface area contributed by atoms with Crippen LogP contribution in [0.25, 0.3) is 0 Å². The Balaban J connectivity index is 2.05. The number of carbonyl (C=O) groups excluding carboxylic acids is 2. The Bertz CT molecular complexity index is 437. The molecule has 0 aliphatic rings. The molecule has 0 fully saturated rings. The van der Waals surface area contributed by atoms with Crippen molar-refractivity contribution in [1.29, 1.82) is 0 Å². The van der Waals surface area contributed by atoms with Crippen molar-refractivity contribution < 1.29 is 19.4 Å². The van der Waals surface area contributed by atoms with Gasteiger partial charge in [-0.1, -0.05) is 30.3 Å². The molecular formula is C15H22N2O4. The number of Topliss-reactive ketones (excluding diaryl/α,β-unsaturated/α-hetero) is 1. The van der Waals surface area contributed by atoms with Crippen LogP contribution in [0.5, 0.6) is 0 Å². The van der Waals surface area contributed by atoms with E-state index in [1.807, 2.05) is 30.3 Å². The van der Waals surface area contributed by atoms with E-state index < -0.39 is 18.7 Å². The molecule has 0 aliphatic carbocycles. The molecule has 0 unspecified atom stereocenters. The number of unbranched alkanes of at least 4 members (excludes halogenated alkanes) is 1. The summed E-state index contributed by atoms with van der Waals surface area (Å²) in [5, 5.41) is 11.3. The van der Waals surface area contributed by atoms with E-state index >= 15 is 0 Å². The van der Waals surface area contributed by atoms with E-state index in [0.717, 1.165) is 5.56 Å². The predicted octanol–water partition coefficient (Wildman–Crippen LogP) is 0.972. The third-order valence-corrected chi connectivity index (χ3v) is 2.99. The first kappa shape index (κ1) is 17.1.